The number of rotatable bonds is 6. The van der Waals surface area contributed by atoms with Crippen molar-refractivity contribution < 1.29 is 9.59 Å². The molecule has 0 bridgehead atoms. The van der Waals surface area contributed by atoms with Crippen molar-refractivity contribution in [2.75, 3.05) is 17.6 Å². The van der Waals surface area contributed by atoms with E-state index in [0.29, 0.717) is 16.7 Å². The molecule has 1 aromatic carbocycles. The molecule has 4 nitrogen and oxygen atoms in total. The molecule has 0 spiro atoms. The predicted molar refractivity (Wildman–Crippen MR) is 95.1 cm³/mol. The molecular formula is C16H21BrN2O2S. The van der Waals surface area contributed by atoms with Crippen LogP contribution in [-0.4, -0.2) is 29.4 Å². The van der Waals surface area contributed by atoms with Gasteiger partial charge < -0.3 is 10.6 Å². The molecule has 0 radical (unpaired) electrons. The number of halogens is 1. The average Bonchev–Trinajstić information content (AvgIpc) is 2.54. The van der Waals surface area contributed by atoms with Crippen LogP contribution in [0.5, 0.6) is 0 Å². The molecular weight excluding hydrogens is 364 g/mol. The number of carbonyl (C=O) groups is 2. The Hall–Kier alpha value is -1.01. The van der Waals surface area contributed by atoms with Gasteiger partial charge in [-0.15, -0.1) is 11.8 Å². The van der Waals surface area contributed by atoms with Gasteiger partial charge in [0.05, 0.1) is 18.0 Å². The fourth-order valence-corrected chi connectivity index (χ4v) is 3.95. The lowest BCUT2D eigenvalue weighted by Gasteiger charge is -2.20. The van der Waals surface area contributed by atoms with Crippen LogP contribution in [0.3, 0.4) is 0 Å². The highest BCUT2D eigenvalue weighted by molar-refractivity contribution is 9.10. The molecule has 1 aromatic rings. The van der Waals surface area contributed by atoms with Crippen molar-refractivity contribution in [3.63, 3.8) is 0 Å². The van der Waals surface area contributed by atoms with Crippen molar-refractivity contribution in [3.8, 4) is 0 Å². The summed E-state index contributed by atoms with van der Waals surface area (Å²) in [6.45, 7) is 0.00535. The van der Waals surface area contributed by atoms with Crippen LogP contribution in [-0.2, 0) is 9.59 Å². The minimum atomic E-state index is -0.220. The van der Waals surface area contributed by atoms with E-state index in [-0.39, 0.29) is 18.4 Å². The number of hydrogen-bond donors (Lipinski definition) is 2. The summed E-state index contributed by atoms with van der Waals surface area (Å²) in [6, 6.07) is 7.39. The van der Waals surface area contributed by atoms with E-state index in [1.54, 1.807) is 11.8 Å². The smallest absolute Gasteiger partial charge is 0.243 e. The number of thioether (sulfide) groups is 1. The van der Waals surface area contributed by atoms with E-state index in [1.807, 2.05) is 24.3 Å². The van der Waals surface area contributed by atoms with E-state index in [1.165, 1.54) is 32.1 Å². The lowest BCUT2D eigenvalue weighted by Crippen LogP contribution is -2.34. The van der Waals surface area contributed by atoms with Gasteiger partial charge in [0, 0.05) is 9.72 Å². The minimum absolute atomic E-state index is 0.00535. The second-order valence-corrected chi connectivity index (χ2v) is 7.52. The summed E-state index contributed by atoms with van der Waals surface area (Å²) in [5.41, 5.74) is 0.707. The Labute approximate surface area is 143 Å². The molecule has 1 fully saturated rings. The quantitative estimate of drug-likeness (QED) is 0.787. The van der Waals surface area contributed by atoms with E-state index in [0.717, 1.165) is 4.47 Å². The Bertz CT molecular complexity index is 519. The summed E-state index contributed by atoms with van der Waals surface area (Å²) in [5.74, 6) is 0.147. The van der Waals surface area contributed by atoms with Crippen LogP contribution >= 0.6 is 27.7 Å². The van der Waals surface area contributed by atoms with Crippen LogP contribution in [0.25, 0.3) is 0 Å². The SMILES string of the molecule is O=C(CSC1CCCCC1)NCC(=O)Nc1ccccc1Br. The van der Waals surface area contributed by atoms with Crippen molar-refractivity contribution in [2.45, 2.75) is 37.4 Å². The molecule has 2 amide bonds. The van der Waals surface area contributed by atoms with Crippen LogP contribution in [0.4, 0.5) is 5.69 Å². The van der Waals surface area contributed by atoms with Gasteiger partial charge in [-0.05, 0) is 40.9 Å². The highest BCUT2D eigenvalue weighted by Crippen LogP contribution is 2.27. The Balaban J connectivity index is 1.65. The highest BCUT2D eigenvalue weighted by Gasteiger charge is 2.15. The number of benzene rings is 1. The lowest BCUT2D eigenvalue weighted by molar-refractivity contribution is -0.122. The van der Waals surface area contributed by atoms with Crippen LogP contribution in [0.1, 0.15) is 32.1 Å². The van der Waals surface area contributed by atoms with E-state index in [9.17, 15) is 9.59 Å². The number of hydrogen-bond acceptors (Lipinski definition) is 3. The van der Waals surface area contributed by atoms with Gasteiger partial charge in [0.15, 0.2) is 0 Å². The zero-order valence-corrected chi connectivity index (χ0v) is 14.8. The normalized spacial score (nSPS) is 15.3. The second kappa shape index (κ2) is 9.20. The molecule has 0 unspecified atom stereocenters. The first-order valence-electron chi connectivity index (χ1n) is 7.58. The summed E-state index contributed by atoms with van der Waals surface area (Å²) in [7, 11) is 0. The molecule has 0 heterocycles. The number of para-hydroxylation sites is 1. The van der Waals surface area contributed by atoms with Crippen molar-refractivity contribution in [2.24, 2.45) is 0 Å². The molecule has 120 valence electrons. The van der Waals surface area contributed by atoms with Crippen molar-refractivity contribution >= 4 is 45.2 Å². The lowest BCUT2D eigenvalue weighted by atomic mass is 10.0. The van der Waals surface area contributed by atoms with Crippen molar-refractivity contribution in [3.05, 3.63) is 28.7 Å². The largest absolute Gasteiger partial charge is 0.346 e. The van der Waals surface area contributed by atoms with Gasteiger partial charge in [-0.2, -0.15) is 0 Å². The first kappa shape index (κ1) is 17.3. The van der Waals surface area contributed by atoms with Crippen LogP contribution in [0, 0.1) is 0 Å². The third kappa shape index (κ3) is 6.01. The fraction of sp³-hybridized carbons (Fsp3) is 0.500. The molecule has 1 aliphatic rings. The molecule has 2 N–H and O–H groups in total. The summed E-state index contributed by atoms with van der Waals surface area (Å²) in [4.78, 5) is 23.6. The first-order valence-corrected chi connectivity index (χ1v) is 9.42. The minimum Gasteiger partial charge on any atom is -0.346 e. The summed E-state index contributed by atoms with van der Waals surface area (Å²) >= 11 is 5.08. The molecule has 6 heteroatoms. The molecule has 0 saturated heterocycles. The molecule has 2 rings (SSSR count). The number of anilines is 1. The maximum atomic E-state index is 11.8. The maximum Gasteiger partial charge on any atom is 0.243 e. The third-order valence-corrected chi connectivity index (χ3v) is 5.66. The Morgan fingerprint density at radius 3 is 2.59 bits per heavy atom. The number of nitrogens with one attached hydrogen (secondary N) is 2. The Morgan fingerprint density at radius 2 is 1.86 bits per heavy atom. The van der Waals surface area contributed by atoms with Gasteiger partial charge in [-0.3, -0.25) is 9.59 Å². The maximum absolute atomic E-state index is 11.8. The highest BCUT2D eigenvalue weighted by atomic mass is 79.9. The predicted octanol–water partition coefficient (Wildman–Crippen LogP) is 3.57. The number of amides is 2. The third-order valence-electron chi connectivity index (χ3n) is 3.60. The van der Waals surface area contributed by atoms with Crippen molar-refractivity contribution in [1.82, 2.24) is 5.32 Å². The van der Waals surface area contributed by atoms with Crippen LogP contribution in [0.15, 0.2) is 28.7 Å². The summed E-state index contributed by atoms with van der Waals surface area (Å²) in [5, 5.41) is 6.04. The monoisotopic (exact) mass is 384 g/mol. The molecule has 1 saturated carbocycles. The van der Waals surface area contributed by atoms with Crippen LogP contribution in [0.2, 0.25) is 0 Å². The molecule has 0 atom stereocenters. The topological polar surface area (TPSA) is 58.2 Å². The standard InChI is InChI=1S/C16H21BrN2O2S/c17-13-8-4-5-9-14(13)19-15(20)10-18-16(21)11-22-12-6-2-1-3-7-12/h4-5,8-9,12H,1-3,6-7,10-11H2,(H,18,21)(H,19,20). The van der Waals surface area contributed by atoms with Gasteiger partial charge in [0.2, 0.25) is 11.8 Å². The van der Waals surface area contributed by atoms with Gasteiger partial charge in [-0.1, -0.05) is 31.4 Å². The second-order valence-electron chi connectivity index (χ2n) is 5.38. The van der Waals surface area contributed by atoms with E-state index in [4.69, 9.17) is 0 Å². The van der Waals surface area contributed by atoms with Crippen LogP contribution < -0.4 is 10.6 Å². The van der Waals surface area contributed by atoms with Gasteiger partial charge in [0.25, 0.3) is 0 Å². The zero-order valence-electron chi connectivity index (χ0n) is 12.4. The van der Waals surface area contributed by atoms with E-state index in [2.05, 4.69) is 26.6 Å². The fourth-order valence-electron chi connectivity index (χ4n) is 2.41. The molecule has 0 aromatic heterocycles. The van der Waals surface area contributed by atoms with E-state index < -0.39 is 0 Å². The molecule has 1 aliphatic carbocycles. The average molecular weight is 385 g/mol. The van der Waals surface area contributed by atoms with E-state index >= 15 is 0 Å². The summed E-state index contributed by atoms with van der Waals surface area (Å²) in [6.07, 6.45) is 6.28. The molecule has 0 aliphatic heterocycles. The Kier molecular flexibility index (Phi) is 7.25. The van der Waals surface area contributed by atoms with Gasteiger partial charge >= 0.3 is 0 Å². The van der Waals surface area contributed by atoms with Crippen molar-refractivity contribution in [1.29, 1.82) is 0 Å². The molecule has 22 heavy (non-hydrogen) atoms. The summed E-state index contributed by atoms with van der Waals surface area (Å²) < 4.78 is 0.822. The zero-order chi connectivity index (χ0) is 15.8. The van der Waals surface area contributed by atoms with Gasteiger partial charge in [0.1, 0.15) is 0 Å². The number of carbonyl (C=O) groups excluding carboxylic acids is 2. The first-order chi connectivity index (χ1) is 10.6. The van der Waals surface area contributed by atoms with Gasteiger partial charge in [-0.25, -0.2) is 0 Å². The Morgan fingerprint density at radius 1 is 1.14 bits per heavy atom.